The summed E-state index contributed by atoms with van der Waals surface area (Å²) in [4.78, 5) is 0. The Bertz CT molecular complexity index is 584. The molecule has 0 saturated heterocycles. The van der Waals surface area contributed by atoms with Crippen LogP contribution < -0.4 is 5.32 Å². The van der Waals surface area contributed by atoms with Crippen LogP contribution in [0.4, 0.5) is 8.78 Å². The van der Waals surface area contributed by atoms with E-state index in [0.29, 0.717) is 17.9 Å². The van der Waals surface area contributed by atoms with E-state index in [9.17, 15) is 8.78 Å². The van der Waals surface area contributed by atoms with Crippen LogP contribution in [0.25, 0.3) is 0 Å². The standard InChI is InChI=1S/C15H19F2N3S/c1-10(2)9-18-6-5-14-19-20-15(21-14)7-11-3-4-12(16)8-13(11)17/h3-4,8,10,18H,5-7,9H2,1-2H3. The smallest absolute Gasteiger partial charge is 0.129 e. The second kappa shape index (κ2) is 7.56. The van der Waals surface area contributed by atoms with E-state index in [-0.39, 0.29) is 0 Å². The summed E-state index contributed by atoms with van der Waals surface area (Å²) in [5, 5.41) is 13.2. The molecule has 0 aliphatic rings. The highest BCUT2D eigenvalue weighted by Gasteiger charge is 2.09. The molecule has 0 spiro atoms. The molecule has 0 bridgehead atoms. The van der Waals surface area contributed by atoms with Crippen molar-refractivity contribution in [2.24, 2.45) is 5.92 Å². The van der Waals surface area contributed by atoms with Crippen LogP contribution in [0.1, 0.15) is 29.4 Å². The van der Waals surface area contributed by atoms with E-state index in [2.05, 4.69) is 29.4 Å². The molecule has 114 valence electrons. The van der Waals surface area contributed by atoms with Crippen LogP contribution in [0.2, 0.25) is 0 Å². The third-order valence-electron chi connectivity index (χ3n) is 2.93. The quantitative estimate of drug-likeness (QED) is 0.798. The van der Waals surface area contributed by atoms with Crippen molar-refractivity contribution in [3.05, 3.63) is 45.4 Å². The van der Waals surface area contributed by atoms with Crippen molar-refractivity contribution in [3.8, 4) is 0 Å². The molecule has 2 rings (SSSR count). The van der Waals surface area contributed by atoms with Crippen LogP contribution >= 0.6 is 11.3 Å². The van der Waals surface area contributed by atoms with E-state index in [1.54, 1.807) is 0 Å². The molecule has 3 nitrogen and oxygen atoms in total. The number of hydrogen-bond acceptors (Lipinski definition) is 4. The lowest BCUT2D eigenvalue weighted by atomic mass is 10.1. The van der Waals surface area contributed by atoms with Crippen molar-refractivity contribution in [2.75, 3.05) is 13.1 Å². The van der Waals surface area contributed by atoms with Gasteiger partial charge in [0.1, 0.15) is 21.6 Å². The Labute approximate surface area is 127 Å². The molecule has 1 aromatic carbocycles. The summed E-state index contributed by atoms with van der Waals surface area (Å²) in [6.07, 6.45) is 1.17. The maximum atomic E-state index is 13.6. The van der Waals surface area contributed by atoms with Crippen molar-refractivity contribution >= 4 is 11.3 Å². The van der Waals surface area contributed by atoms with E-state index in [4.69, 9.17) is 0 Å². The van der Waals surface area contributed by atoms with Crippen molar-refractivity contribution in [1.29, 1.82) is 0 Å². The lowest BCUT2D eigenvalue weighted by Gasteiger charge is -2.05. The Kier molecular flexibility index (Phi) is 5.76. The van der Waals surface area contributed by atoms with Gasteiger partial charge in [-0.25, -0.2) is 8.78 Å². The Morgan fingerprint density at radius 1 is 1.19 bits per heavy atom. The molecular formula is C15H19F2N3S. The molecule has 0 atom stereocenters. The Hall–Kier alpha value is -1.40. The zero-order valence-corrected chi connectivity index (χ0v) is 13.0. The Balaban J connectivity index is 1.88. The number of halogens is 2. The highest BCUT2D eigenvalue weighted by molar-refractivity contribution is 7.11. The van der Waals surface area contributed by atoms with Gasteiger partial charge < -0.3 is 5.32 Å². The predicted molar refractivity (Wildman–Crippen MR) is 80.5 cm³/mol. The van der Waals surface area contributed by atoms with Gasteiger partial charge in [0.15, 0.2) is 0 Å². The fourth-order valence-electron chi connectivity index (χ4n) is 1.87. The first-order valence-electron chi connectivity index (χ1n) is 7.00. The van der Waals surface area contributed by atoms with Crippen LogP contribution in [0.3, 0.4) is 0 Å². The Morgan fingerprint density at radius 3 is 2.67 bits per heavy atom. The topological polar surface area (TPSA) is 37.8 Å². The number of rotatable bonds is 7. The fourth-order valence-corrected chi connectivity index (χ4v) is 2.74. The van der Waals surface area contributed by atoms with Gasteiger partial charge in [0.05, 0.1) is 0 Å². The van der Waals surface area contributed by atoms with Gasteiger partial charge in [0.2, 0.25) is 0 Å². The second-order valence-electron chi connectivity index (χ2n) is 5.35. The van der Waals surface area contributed by atoms with Crippen molar-refractivity contribution in [1.82, 2.24) is 15.5 Å². The SMILES string of the molecule is CC(C)CNCCc1nnc(Cc2ccc(F)cc2F)s1. The monoisotopic (exact) mass is 311 g/mol. The third-order valence-corrected chi connectivity index (χ3v) is 3.92. The molecule has 6 heteroatoms. The lowest BCUT2D eigenvalue weighted by Crippen LogP contribution is -2.22. The van der Waals surface area contributed by atoms with E-state index >= 15 is 0 Å². The van der Waals surface area contributed by atoms with Gasteiger partial charge in [-0.3, -0.25) is 0 Å². The van der Waals surface area contributed by atoms with Crippen molar-refractivity contribution < 1.29 is 8.78 Å². The third kappa shape index (κ3) is 5.13. The summed E-state index contributed by atoms with van der Waals surface area (Å²) in [6.45, 7) is 6.16. The molecule has 0 aliphatic heterocycles. The summed E-state index contributed by atoms with van der Waals surface area (Å²) >= 11 is 1.48. The molecule has 0 amide bonds. The van der Waals surface area contributed by atoms with Gasteiger partial charge in [0, 0.05) is 25.5 Å². The van der Waals surface area contributed by atoms with E-state index < -0.39 is 11.6 Å². The second-order valence-corrected chi connectivity index (χ2v) is 6.50. The van der Waals surface area contributed by atoms with Gasteiger partial charge in [-0.1, -0.05) is 19.9 Å². The summed E-state index contributed by atoms with van der Waals surface area (Å²) in [5.74, 6) is -0.479. The van der Waals surface area contributed by atoms with Gasteiger partial charge in [-0.15, -0.1) is 21.5 Å². The number of nitrogens with zero attached hydrogens (tertiary/aromatic N) is 2. The maximum Gasteiger partial charge on any atom is 0.129 e. The van der Waals surface area contributed by atoms with Gasteiger partial charge >= 0.3 is 0 Å². The van der Waals surface area contributed by atoms with E-state index in [0.717, 1.165) is 35.6 Å². The number of aromatic nitrogens is 2. The highest BCUT2D eigenvalue weighted by Crippen LogP contribution is 2.17. The average molecular weight is 311 g/mol. The summed E-state index contributed by atoms with van der Waals surface area (Å²) in [5.41, 5.74) is 0.442. The van der Waals surface area contributed by atoms with E-state index in [1.807, 2.05) is 0 Å². The summed E-state index contributed by atoms with van der Waals surface area (Å²) < 4.78 is 26.4. The largest absolute Gasteiger partial charge is 0.316 e. The zero-order chi connectivity index (χ0) is 15.2. The first kappa shape index (κ1) is 16.0. The first-order valence-corrected chi connectivity index (χ1v) is 7.82. The van der Waals surface area contributed by atoms with Crippen molar-refractivity contribution in [3.63, 3.8) is 0 Å². The minimum absolute atomic E-state index is 0.350. The molecule has 0 radical (unpaired) electrons. The molecule has 0 fully saturated rings. The molecule has 21 heavy (non-hydrogen) atoms. The highest BCUT2D eigenvalue weighted by atomic mass is 32.1. The minimum atomic E-state index is -0.564. The number of nitrogens with one attached hydrogen (secondary N) is 1. The fraction of sp³-hybridized carbons (Fsp3) is 0.467. The normalized spacial score (nSPS) is 11.3. The van der Waals surface area contributed by atoms with Gasteiger partial charge in [-0.2, -0.15) is 0 Å². The lowest BCUT2D eigenvalue weighted by molar-refractivity contribution is 0.553. The van der Waals surface area contributed by atoms with Gasteiger partial charge in [0.25, 0.3) is 0 Å². The van der Waals surface area contributed by atoms with Gasteiger partial charge in [-0.05, 0) is 24.1 Å². The van der Waals surface area contributed by atoms with Crippen LogP contribution in [0.15, 0.2) is 18.2 Å². The summed E-state index contributed by atoms with van der Waals surface area (Å²) in [7, 11) is 0. The van der Waals surface area contributed by atoms with Crippen LogP contribution in [-0.2, 0) is 12.8 Å². The molecule has 1 heterocycles. The predicted octanol–water partition coefficient (Wildman–Crippen LogP) is 3.20. The van der Waals surface area contributed by atoms with Crippen LogP contribution in [0.5, 0.6) is 0 Å². The summed E-state index contributed by atoms with van der Waals surface area (Å²) in [6, 6.07) is 3.61. The Morgan fingerprint density at radius 2 is 1.95 bits per heavy atom. The maximum absolute atomic E-state index is 13.6. The molecule has 0 aliphatic carbocycles. The molecule has 1 N–H and O–H groups in total. The van der Waals surface area contributed by atoms with Crippen molar-refractivity contribution in [2.45, 2.75) is 26.7 Å². The number of benzene rings is 1. The molecular weight excluding hydrogens is 292 g/mol. The average Bonchev–Trinajstić information content (AvgIpc) is 2.85. The van der Waals surface area contributed by atoms with Crippen LogP contribution in [-0.4, -0.2) is 23.3 Å². The first-order chi connectivity index (χ1) is 10.0. The number of hydrogen-bond donors (Lipinski definition) is 1. The molecule has 2 aromatic rings. The molecule has 1 aromatic heterocycles. The molecule has 0 unspecified atom stereocenters. The van der Waals surface area contributed by atoms with Crippen LogP contribution in [0, 0.1) is 17.6 Å². The minimum Gasteiger partial charge on any atom is -0.316 e. The van der Waals surface area contributed by atoms with E-state index in [1.165, 1.54) is 23.5 Å². The molecule has 0 saturated carbocycles. The zero-order valence-electron chi connectivity index (χ0n) is 12.2.